The molecule has 0 aliphatic rings. The molecular weight excluding hydrogens is 1560 g/mol. The van der Waals surface area contributed by atoms with Gasteiger partial charge in [-0.05, 0) is 298 Å². The van der Waals surface area contributed by atoms with Gasteiger partial charge < -0.3 is 17.7 Å². The number of fused-ring (bicyclic) bond motifs is 16. The van der Waals surface area contributed by atoms with E-state index in [4.69, 9.17) is 17.7 Å². The van der Waals surface area contributed by atoms with Crippen LogP contribution < -0.4 is 0 Å². The van der Waals surface area contributed by atoms with Crippen LogP contribution in [-0.2, 0) is 0 Å². The minimum Gasteiger partial charge on any atom is -0.436 e. The summed E-state index contributed by atoms with van der Waals surface area (Å²) in [6.45, 7) is 19.7. The molecule has 0 bridgehead atoms. The van der Waals surface area contributed by atoms with Gasteiger partial charge in [0.25, 0.3) is 0 Å². The number of rotatable bonds is 8. The Morgan fingerprint density at radius 1 is 0.190 bits per heavy atom. The zero-order valence-electron chi connectivity index (χ0n) is 68.0. The SMILES string of the molecule is Cc1cc(C)c2sc3c(-c4ccc(-c5nc6ccccc6o5)cc4)cc(C)cc3c2c1.Cc1cc(C)c2sc3c(-c4cccc(-c5nc6ccccc6o5)c4)cc(C)cc3c2c1.Cc1ccc2sc3c(-c4cccc(-c5nc6ccccc6o5)c4)cc(C)cc3c2c1.Cc1cccc2c1sc1c(-c3cccc(-c4nc5ccccc5o4)c3)cccc12. The Kier molecular flexibility index (Phi) is 18.9. The van der Waals surface area contributed by atoms with E-state index in [-0.39, 0.29) is 0 Å². The summed E-state index contributed by atoms with van der Waals surface area (Å²) in [7, 11) is 0. The predicted octanol–water partition coefficient (Wildman–Crippen LogP) is 32.9. The fraction of sp³-hybridized carbons (Fsp3) is 0.0826. The molecule has 0 saturated carbocycles. The molecule has 0 fully saturated rings. The van der Waals surface area contributed by atoms with Gasteiger partial charge in [0.1, 0.15) is 22.1 Å². The van der Waals surface area contributed by atoms with Crippen molar-refractivity contribution in [3.63, 3.8) is 0 Å². The summed E-state index contributed by atoms with van der Waals surface area (Å²) in [5.74, 6) is 2.64. The summed E-state index contributed by atoms with van der Waals surface area (Å²) in [5, 5.41) is 10.7. The average molecular weight is 1640 g/mol. The van der Waals surface area contributed by atoms with E-state index in [2.05, 4.69) is 295 Å². The van der Waals surface area contributed by atoms with E-state index in [9.17, 15) is 0 Å². The van der Waals surface area contributed by atoms with E-state index < -0.39 is 0 Å². The largest absolute Gasteiger partial charge is 0.436 e. The Balaban J connectivity index is 0.0000000996. The fourth-order valence-electron chi connectivity index (χ4n) is 17.2. The van der Waals surface area contributed by atoms with Gasteiger partial charge in [-0.2, -0.15) is 0 Å². The van der Waals surface area contributed by atoms with Crippen molar-refractivity contribution in [2.75, 3.05) is 0 Å². The molecule has 582 valence electrons. The molecule has 0 radical (unpaired) electrons. The van der Waals surface area contributed by atoms with E-state index in [1.54, 1.807) is 0 Å². The maximum Gasteiger partial charge on any atom is 0.227 e. The monoisotopic (exact) mass is 1630 g/mol. The van der Waals surface area contributed by atoms with Gasteiger partial charge in [-0.1, -0.05) is 168 Å². The quantitative estimate of drug-likeness (QED) is 0.148. The number of nitrogens with zero attached hydrogens (tertiary/aromatic N) is 4. The van der Waals surface area contributed by atoms with Crippen molar-refractivity contribution in [3.8, 4) is 90.3 Å². The van der Waals surface area contributed by atoms with Crippen molar-refractivity contribution in [1.82, 2.24) is 19.9 Å². The highest BCUT2D eigenvalue weighted by atomic mass is 32.1. The Bertz CT molecular complexity index is 8110. The molecule has 24 rings (SSSR count). The number of aromatic nitrogens is 4. The van der Waals surface area contributed by atoms with Gasteiger partial charge in [-0.3, -0.25) is 0 Å². The van der Waals surface area contributed by atoms with E-state index >= 15 is 0 Å². The number of oxazole rings is 4. The lowest BCUT2D eigenvalue weighted by atomic mass is 9.98. The molecule has 8 aromatic heterocycles. The molecule has 0 unspecified atom stereocenters. The summed E-state index contributed by atoms with van der Waals surface area (Å²) in [6, 6.07) is 109. The van der Waals surface area contributed by atoms with Gasteiger partial charge in [-0.15, -0.1) is 45.3 Å². The van der Waals surface area contributed by atoms with E-state index in [1.165, 1.54) is 175 Å². The van der Waals surface area contributed by atoms with Crippen LogP contribution in [0.2, 0.25) is 0 Å². The Morgan fingerprint density at radius 2 is 0.504 bits per heavy atom. The first kappa shape index (κ1) is 74.8. The van der Waals surface area contributed by atoms with Gasteiger partial charge in [0.05, 0.1) is 0 Å². The number of thiophene rings is 4. The van der Waals surface area contributed by atoms with Crippen molar-refractivity contribution < 1.29 is 17.7 Å². The Labute approximate surface area is 714 Å². The molecule has 12 heteroatoms. The Hall–Kier alpha value is -13.7. The van der Waals surface area contributed by atoms with Crippen LogP contribution in [0.15, 0.2) is 327 Å². The third-order valence-electron chi connectivity index (χ3n) is 22.8. The third kappa shape index (κ3) is 14.0. The van der Waals surface area contributed by atoms with Gasteiger partial charge >= 0.3 is 0 Å². The minimum absolute atomic E-state index is 0.660. The first-order valence-corrected chi connectivity index (χ1v) is 43.9. The van der Waals surface area contributed by atoms with Crippen LogP contribution in [0.4, 0.5) is 0 Å². The van der Waals surface area contributed by atoms with Crippen LogP contribution in [0.25, 0.3) is 215 Å². The summed E-state index contributed by atoms with van der Waals surface area (Å²) in [6.07, 6.45) is 0. The second kappa shape index (κ2) is 30.6. The topological polar surface area (TPSA) is 104 Å². The molecule has 0 N–H and O–H groups in total. The van der Waals surface area contributed by atoms with E-state index in [0.717, 1.165) is 66.7 Å². The smallest absolute Gasteiger partial charge is 0.227 e. The van der Waals surface area contributed by atoms with Crippen LogP contribution in [-0.4, -0.2) is 19.9 Å². The highest BCUT2D eigenvalue weighted by Gasteiger charge is 2.22. The maximum absolute atomic E-state index is 6.02. The molecular formula is C109H78N4O4S4. The molecule has 8 heterocycles. The van der Waals surface area contributed by atoms with Crippen LogP contribution in [0.3, 0.4) is 0 Å². The molecule has 0 amide bonds. The fourth-order valence-corrected chi connectivity index (χ4v) is 22.2. The predicted molar refractivity (Wildman–Crippen MR) is 514 cm³/mol. The van der Waals surface area contributed by atoms with Crippen molar-refractivity contribution in [2.45, 2.75) is 62.3 Å². The van der Waals surface area contributed by atoms with E-state index in [1.807, 2.05) is 142 Å². The molecule has 24 aromatic rings. The number of hydrogen-bond donors (Lipinski definition) is 0. The van der Waals surface area contributed by atoms with Crippen molar-refractivity contribution in [2.24, 2.45) is 0 Å². The van der Waals surface area contributed by atoms with Crippen molar-refractivity contribution in [1.29, 1.82) is 0 Å². The number of para-hydroxylation sites is 8. The van der Waals surface area contributed by atoms with Crippen LogP contribution >= 0.6 is 45.3 Å². The minimum atomic E-state index is 0.660. The molecule has 121 heavy (non-hydrogen) atoms. The lowest BCUT2D eigenvalue weighted by Gasteiger charge is -2.07. The lowest BCUT2D eigenvalue weighted by molar-refractivity contribution is 0.619. The molecule has 0 atom stereocenters. The van der Waals surface area contributed by atoms with Gasteiger partial charge in [-0.25, -0.2) is 19.9 Å². The highest BCUT2D eigenvalue weighted by molar-refractivity contribution is 7.27. The summed E-state index contributed by atoms with van der Waals surface area (Å²) >= 11 is 7.54. The number of aryl methyl sites for hydroxylation is 9. The van der Waals surface area contributed by atoms with Crippen molar-refractivity contribution in [3.05, 3.63) is 359 Å². The summed E-state index contributed by atoms with van der Waals surface area (Å²) in [5.41, 5.74) is 32.4. The van der Waals surface area contributed by atoms with E-state index in [0.29, 0.717) is 23.6 Å². The zero-order valence-corrected chi connectivity index (χ0v) is 71.3. The lowest BCUT2D eigenvalue weighted by Crippen LogP contribution is -1.84. The second-order valence-electron chi connectivity index (χ2n) is 31.8. The first-order chi connectivity index (χ1) is 59.1. The normalized spacial score (nSPS) is 11.7. The summed E-state index contributed by atoms with van der Waals surface area (Å²) < 4.78 is 34.8. The van der Waals surface area contributed by atoms with Crippen LogP contribution in [0.1, 0.15) is 50.1 Å². The Morgan fingerprint density at radius 3 is 0.942 bits per heavy atom. The third-order valence-corrected chi connectivity index (χ3v) is 28.2. The van der Waals surface area contributed by atoms with Crippen LogP contribution in [0.5, 0.6) is 0 Å². The standard InChI is InChI=1S/2C28H21NOS.C27H19NOS.C26H17NOS/c1-16-11-18(3)26-22(13-16)23-14-17(2)12-21(27(23)31-26)19-7-6-8-20(15-19)28-29-24-9-4-5-10-25(24)30-28;1-16-12-18(3)26-22(14-16)23-15-17(2)13-21(27(23)31-26)19-8-10-20(11-9-19)28-29-24-6-4-5-7-25(24)30-28;1-16-10-11-25-21(12-16)22-14-17(2)13-20(26(22)30-25)18-6-5-7-19(15-18)27-28-23-8-3-4-9-24(23)29-27;1-16-7-4-11-20-21-12-6-10-19(25(21)29-24(16)20)17-8-5-9-18(15-17)26-27-22-13-2-3-14-23(22)28-26/h2*4-15H,1-3H3;3-15H,1-2H3;2-15H,1H3. The number of hydrogen-bond acceptors (Lipinski definition) is 12. The first-order valence-electron chi connectivity index (χ1n) is 40.6. The van der Waals surface area contributed by atoms with Crippen molar-refractivity contribution >= 4 is 170 Å². The molecule has 8 nitrogen and oxygen atoms in total. The molecule has 16 aromatic carbocycles. The second-order valence-corrected chi connectivity index (χ2v) is 35.9. The van der Waals surface area contributed by atoms with Gasteiger partial charge in [0.2, 0.25) is 23.6 Å². The molecule has 0 aliphatic heterocycles. The average Bonchev–Trinajstić information content (AvgIpc) is 1.61. The zero-order chi connectivity index (χ0) is 81.8. The van der Waals surface area contributed by atoms with Crippen LogP contribution in [0, 0.1) is 62.3 Å². The highest BCUT2D eigenvalue weighted by Crippen LogP contribution is 2.48. The van der Waals surface area contributed by atoms with Gasteiger partial charge in [0.15, 0.2) is 22.3 Å². The molecule has 0 aliphatic carbocycles. The molecule has 0 spiro atoms. The molecule has 0 saturated heterocycles. The maximum atomic E-state index is 6.02. The summed E-state index contributed by atoms with van der Waals surface area (Å²) in [4.78, 5) is 18.7. The van der Waals surface area contributed by atoms with Gasteiger partial charge in [0, 0.05) is 103 Å². The number of benzene rings is 16.